The molecule has 0 radical (unpaired) electrons. The van der Waals surface area contributed by atoms with Crippen LogP contribution >= 0.6 is 0 Å². The first kappa shape index (κ1) is 12.5. The molecule has 0 aromatic heterocycles. The Bertz CT molecular complexity index is 486. The molecule has 1 saturated heterocycles. The third kappa shape index (κ3) is 2.73. The van der Waals surface area contributed by atoms with Crippen LogP contribution in [0, 0.1) is 0 Å². The van der Waals surface area contributed by atoms with E-state index in [2.05, 4.69) is 23.5 Å². The topological polar surface area (TPSA) is 57.5 Å². The predicted molar refractivity (Wildman–Crippen MR) is 71.3 cm³/mol. The molecule has 1 aromatic rings. The summed E-state index contributed by atoms with van der Waals surface area (Å²) in [5.41, 5.74) is 2.63. The second-order valence-electron chi connectivity index (χ2n) is 5.08. The highest BCUT2D eigenvalue weighted by atomic mass is 16.5. The molecule has 0 bridgehead atoms. The molecular formula is C15H19NO3. The zero-order valence-electron chi connectivity index (χ0n) is 11.1. The van der Waals surface area contributed by atoms with Crippen molar-refractivity contribution >= 4 is 5.97 Å². The van der Waals surface area contributed by atoms with E-state index in [1.807, 2.05) is 6.92 Å². The number of esters is 1. The van der Waals surface area contributed by atoms with Gasteiger partial charge in [0.15, 0.2) is 0 Å². The van der Waals surface area contributed by atoms with E-state index in [1.54, 1.807) is 0 Å². The van der Waals surface area contributed by atoms with E-state index < -0.39 is 0 Å². The highest BCUT2D eigenvalue weighted by Gasteiger charge is 2.42. The molecule has 0 saturated carbocycles. The van der Waals surface area contributed by atoms with E-state index in [9.17, 15) is 4.79 Å². The number of hydrogen-bond acceptors (Lipinski definition) is 4. The summed E-state index contributed by atoms with van der Waals surface area (Å²) >= 11 is 0. The van der Waals surface area contributed by atoms with Crippen molar-refractivity contribution in [2.45, 2.75) is 38.3 Å². The molecule has 1 aromatic carbocycles. The van der Waals surface area contributed by atoms with Crippen LogP contribution < -0.4 is 10.1 Å². The zero-order valence-corrected chi connectivity index (χ0v) is 11.1. The molecule has 2 unspecified atom stereocenters. The van der Waals surface area contributed by atoms with E-state index in [-0.39, 0.29) is 18.1 Å². The number of rotatable bonds is 5. The number of carbonyl (C=O) groups excluding carboxylic acids is 1. The molecule has 0 amide bonds. The van der Waals surface area contributed by atoms with Gasteiger partial charge in [-0.3, -0.25) is 10.1 Å². The first-order chi connectivity index (χ1) is 9.28. The van der Waals surface area contributed by atoms with E-state index in [0.29, 0.717) is 6.61 Å². The molecule has 4 heteroatoms. The van der Waals surface area contributed by atoms with Crippen LogP contribution in [0.25, 0.3) is 0 Å². The Morgan fingerprint density at radius 3 is 3.26 bits per heavy atom. The summed E-state index contributed by atoms with van der Waals surface area (Å²) in [5, 5.41) is 3.18. The number of benzene rings is 1. The molecule has 1 fully saturated rings. The summed E-state index contributed by atoms with van der Waals surface area (Å²) in [7, 11) is 0. The molecule has 19 heavy (non-hydrogen) atoms. The standard InChI is InChI=1S/C15H19NO3/c1-2-18-15(17)14-12(16-14)5-3-10-4-6-13-11(9-10)7-8-19-13/h4,6,9,12,14,16H,2-3,5,7-8H2,1H3. The molecule has 102 valence electrons. The lowest BCUT2D eigenvalue weighted by Gasteiger charge is -2.03. The number of carbonyl (C=O) groups is 1. The molecule has 2 atom stereocenters. The maximum Gasteiger partial charge on any atom is 0.324 e. The summed E-state index contributed by atoms with van der Waals surface area (Å²) in [4.78, 5) is 11.5. The minimum atomic E-state index is -0.116. The van der Waals surface area contributed by atoms with Crippen molar-refractivity contribution < 1.29 is 14.3 Å². The van der Waals surface area contributed by atoms with E-state index in [1.165, 1.54) is 11.1 Å². The number of aryl methyl sites for hydroxylation is 1. The Balaban J connectivity index is 1.50. The summed E-state index contributed by atoms with van der Waals surface area (Å²) in [5.74, 6) is 0.910. The van der Waals surface area contributed by atoms with Crippen LogP contribution in [0.1, 0.15) is 24.5 Å². The Hall–Kier alpha value is -1.55. The number of fused-ring (bicyclic) bond motifs is 1. The number of nitrogens with one attached hydrogen (secondary N) is 1. The van der Waals surface area contributed by atoms with Crippen LogP contribution in [0.5, 0.6) is 5.75 Å². The van der Waals surface area contributed by atoms with Crippen molar-refractivity contribution in [1.29, 1.82) is 0 Å². The van der Waals surface area contributed by atoms with Crippen molar-refractivity contribution in [2.24, 2.45) is 0 Å². The van der Waals surface area contributed by atoms with Crippen molar-refractivity contribution in [2.75, 3.05) is 13.2 Å². The highest BCUT2D eigenvalue weighted by Crippen LogP contribution is 2.27. The minimum Gasteiger partial charge on any atom is -0.493 e. The third-order valence-electron chi connectivity index (χ3n) is 3.73. The van der Waals surface area contributed by atoms with Gasteiger partial charge in [0.1, 0.15) is 11.8 Å². The van der Waals surface area contributed by atoms with Gasteiger partial charge in [-0.1, -0.05) is 12.1 Å². The van der Waals surface area contributed by atoms with Gasteiger partial charge in [-0.15, -0.1) is 0 Å². The van der Waals surface area contributed by atoms with Crippen molar-refractivity contribution in [1.82, 2.24) is 5.32 Å². The van der Waals surface area contributed by atoms with E-state index in [0.717, 1.165) is 31.6 Å². The van der Waals surface area contributed by atoms with Gasteiger partial charge in [0.25, 0.3) is 0 Å². The van der Waals surface area contributed by atoms with Gasteiger partial charge in [-0.2, -0.15) is 0 Å². The van der Waals surface area contributed by atoms with E-state index >= 15 is 0 Å². The van der Waals surface area contributed by atoms with Gasteiger partial charge >= 0.3 is 5.97 Å². The van der Waals surface area contributed by atoms with Crippen LogP contribution in [0.4, 0.5) is 0 Å². The van der Waals surface area contributed by atoms with E-state index in [4.69, 9.17) is 9.47 Å². The fourth-order valence-electron chi connectivity index (χ4n) is 2.61. The maximum atomic E-state index is 11.5. The second kappa shape index (κ2) is 5.21. The Labute approximate surface area is 113 Å². The maximum absolute atomic E-state index is 11.5. The molecule has 0 aliphatic carbocycles. The fourth-order valence-corrected chi connectivity index (χ4v) is 2.61. The van der Waals surface area contributed by atoms with Gasteiger partial charge in [0.2, 0.25) is 0 Å². The average Bonchev–Trinajstić information content (AvgIpc) is 3.05. The molecule has 4 nitrogen and oxygen atoms in total. The number of hydrogen-bond donors (Lipinski definition) is 1. The fraction of sp³-hybridized carbons (Fsp3) is 0.533. The van der Waals surface area contributed by atoms with Crippen LogP contribution in [0.15, 0.2) is 18.2 Å². The monoisotopic (exact) mass is 261 g/mol. The first-order valence-corrected chi connectivity index (χ1v) is 6.95. The predicted octanol–water partition coefficient (Wildman–Crippen LogP) is 1.46. The normalized spacial score (nSPS) is 23.6. The minimum absolute atomic E-state index is 0.0855. The summed E-state index contributed by atoms with van der Waals surface area (Å²) in [6.45, 7) is 3.09. The summed E-state index contributed by atoms with van der Waals surface area (Å²) in [6, 6.07) is 6.60. The lowest BCUT2D eigenvalue weighted by atomic mass is 10.0. The van der Waals surface area contributed by atoms with Gasteiger partial charge in [0, 0.05) is 12.5 Å². The number of ether oxygens (including phenoxy) is 2. The van der Waals surface area contributed by atoms with Crippen LogP contribution in [-0.2, 0) is 22.4 Å². The third-order valence-corrected chi connectivity index (χ3v) is 3.73. The lowest BCUT2D eigenvalue weighted by molar-refractivity contribution is -0.142. The molecular weight excluding hydrogens is 242 g/mol. The summed E-state index contributed by atoms with van der Waals surface area (Å²) in [6.07, 6.45) is 2.97. The molecule has 2 heterocycles. The van der Waals surface area contributed by atoms with Crippen LogP contribution in [-0.4, -0.2) is 31.3 Å². The summed E-state index contributed by atoms with van der Waals surface area (Å²) < 4.78 is 10.5. The van der Waals surface area contributed by atoms with Gasteiger partial charge in [0.05, 0.1) is 13.2 Å². The zero-order chi connectivity index (χ0) is 13.2. The second-order valence-corrected chi connectivity index (χ2v) is 5.08. The SMILES string of the molecule is CCOC(=O)C1NC1CCc1ccc2c(c1)CCO2. The van der Waals surface area contributed by atoms with Gasteiger partial charge in [-0.05, 0) is 37.0 Å². The Kier molecular flexibility index (Phi) is 3.42. The van der Waals surface area contributed by atoms with Crippen molar-refractivity contribution in [3.8, 4) is 5.75 Å². The molecule has 1 N–H and O–H groups in total. The van der Waals surface area contributed by atoms with Crippen molar-refractivity contribution in [3.05, 3.63) is 29.3 Å². The van der Waals surface area contributed by atoms with Gasteiger partial charge in [-0.25, -0.2) is 0 Å². The molecule has 2 aliphatic heterocycles. The average molecular weight is 261 g/mol. The smallest absolute Gasteiger partial charge is 0.324 e. The van der Waals surface area contributed by atoms with Crippen LogP contribution in [0.2, 0.25) is 0 Å². The van der Waals surface area contributed by atoms with Gasteiger partial charge < -0.3 is 9.47 Å². The first-order valence-electron chi connectivity index (χ1n) is 6.95. The Morgan fingerprint density at radius 2 is 2.42 bits per heavy atom. The highest BCUT2D eigenvalue weighted by molar-refractivity contribution is 5.80. The quantitative estimate of drug-likeness (QED) is 0.644. The lowest BCUT2D eigenvalue weighted by Crippen LogP contribution is -2.15. The van der Waals surface area contributed by atoms with Crippen LogP contribution in [0.3, 0.4) is 0 Å². The van der Waals surface area contributed by atoms with Crippen molar-refractivity contribution in [3.63, 3.8) is 0 Å². The molecule has 3 rings (SSSR count). The Morgan fingerprint density at radius 1 is 1.53 bits per heavy atom. The molecule has 0 spiro atoms. The largest absolute Gasteiger partial charge is 0.493 e. The molecule has 2 aliphatic rings.